The second-order valence-corrected chi connectivity index (χ2v) is 7.17. The average Bonchev–Trinajstić information content (AvgIpc) is 2.74. The first-order chi connectivity index (χ1) is 11.1. The minimum atomic E-state index is -0.247. The van der Waals surface area contributed by atoms with Gasteiger partial charge in [-0.15, -0.1) is 11.3 Å². The molecule has 0 bridgehead atoms. The van der Waals surface area contributed by atoms with E-state index >= 15 is 0 Å². The summed E-state index contributed by atoms with van der Waals surface area (Å²) in [6.07, 6.45) is 0. The van der Waals surface area contributed by atoms with Gasteiger partial charge >= 0.3 is 0 Å². The molecule has 2 aliphatic rings. The van der Waals surface area contributed by atoms with E-state index in [1.807, 2.05) is 0 Å². The number of nitrogens with zero attached hydrogens (tertiary/aromatic N) is 2. The number of rotatable bonds is 0. The largest absolute Gasteiger partial charge is 0.353 e. The van der Waals surface area contributed by atoms with Crippen molar-refractivity contribution in [3.63, 3.8) is 0 Å². The van der Waals surface area contributed by atoms with Crippen LogP contribution < -0.4 is 10.6 Å². The normalized spacial score (nSPS) is 17.0. The Balaban J connectivity index is 1.90. The summed E-state index contributed by atoms with van der Waals surface area (Å²) in [6, 6.07) is 4.74. The summed E-state index contributed by atoms with van der Waals surface area (Å²) in [5, 5.41) is 7.83. The van der Waals surface area contributed by atoms with E-state index < -0.39 is 0 Å². The van der Waals surface area contributed by atoms with Crippen LogP contribution in [0.25, 0.3) is 0 Å². The number of aryl methyl sites for hydroxylation is 1. The van der Waals surface area contributed by atoms with Gasteiger partial charge in [-0.25, -0.2) is 9.38 Å². The van der Waals surface area contributed by atoms with Gasteiger partial charge in [0.15, 0.2) is 0 Å². The van der Waals surface area contributed by atoms with Crippen molar-refractivity contribution < 1.29 is 4.39 Å². The van der Waals surface area contributed by atoms with Crippen LogP contribution in [0, 0.1) is 19.7 Å². The first-order valence-electron chi connectivity index (χ1n) is 7.85. The fourth-order valence-corrected chi connectivity index (χ4v) is 4.16. The molecule has 4 nitrogen and oxygen atoms in total. The van der Waals surface area contributed by atoms with Gasteiger partial charge in [0.05, 0.1) is 16.9 Å². The topological polar surface area (TPSA) is 39.7 Å². The van der Waals surface area contributed by atoms with Gasteiger partial charge < -0.3 is 15.5 Å². The lowest BCUT2D eigenvalue weighted by Crippen LogP contribution is -2.46. The van der Waals surface area contributed by atoms with Crippen LogP contribution in [0.1, 0.15) is 16.0 Å². The number of benzene rings is 1. The Kier molecular flexibility index (Phi) is 3.58. The molecule has 0 radical (unpaired) electrons. The lowest BCUT2D eigenvalue weighted by Gasteiger charge is -2.30. The van der Waals surface area contributed by atoms with Crippen molar-refractivity contribution in [3.05, 3.63) is 40.0 Å². The lowest BCUT2D eigenvalue weighted by molar-refractivity contribution is 0.358. The van der Waals surface area contributed by atoms with Gasteiger partial charge in [0, 0.05) is 31.1 Å². The third-order valence-electron chi connectivity index (χ3n) is 4.46. The maximum absolute atomic E-state index is 13.6. The minimum Gasteiger partial charge on any atom is -0.353 e. The standard InChI is InChI=1S/C17H19FN4S/c1-10-11(2)23-17-15(10)16(22-7-5-19-6-8-22)20-13-4-3-12(18)9-14(13)21-17/h3-4,9,19,21H,5-8H2,1-2H3. The maximum atomic E-state index is 13.6. The van der Waals surface area contributed by atoms with Gasteiger partial charge in [-0.2, -0.15) is 0 Å². The molecule has 0 saturated carbocycles. The molecule has 0 aliphatic carbocycles. The zero-order valence-corrected chi connectivity index (χ0v) is 14.1. The van der Waals surface area contributed by atoms with E-state index in [9.17, 15) is 4.39 Å². The van der Waals surface area contributed by atoms with Crippen molar-refractivity contribution in [2.24, 2.45) is 4.99 Å². The first kappa shape index (κ1) is 14.7. The quantitative estimate of drug-likeness (QED) is 0.776. The van der Waals surface area contributed by atoms with E-state index in [2.05, 4.69) is 29.4 Å². The lowest BCUT2D eigenvalue weighted by atomic mass is 10.1. The SMILES string of the molecule is Cc1sc2c(c1C)C(N1CCNCC1)=Nc1ccc(F)cc1N2. The van der Waals surface area contributed by atoms with Crippen molar-refractivity contribution >= 4 is 33.5 Å². The van der Waals surface area contributed by atoms with Crippen LogP contribution in [0.5, 0.6) is 0 Å². The monoisotopic (exact) mass is 330 g/mol. The zero-order chi connectivity index (χ0) is 16.0. The Morgan fingerprint density at radius 3 is 2.78 bits per heavy atom. The number of fused-ring (bicyclic) bond motifs is 2. The number of amidine groups is 1. The highest BCUT2D eigenvalue weighted by atomic mass is 32.1. The predicted molar refractivity (Wildman–Crippen MR) is 94.1 cm³/mol. The fourth-order valence-electron chi connectivity index (χ4n) is 3.09. The second-order valence-electron chi connectivity index (χ2n) is 5.95. The number of nitrogens with one attached hydrogen (secondary N) is 2. The van der Waals surface area contributed by atoms with Crippen molar-refractivity contribution in [2.75, 3.05) is 31.5 Å². The zero-order valence-electron chi connectivity index (χ0n) is 13.2. The Labute approximate surface area is 139 Å². The van der Waals surface area contributed by atoms with E-state index in [4.69, 9.17) is 4.99 Å². The van der Waals surface area contributed by atoms with E-state index in [0.29, 0.717) is 0 Å². The third-order valence-corrected chi connectivity index (χ3v) is 5.58. The van der Waals surface area contributed by atoms with Gasteiger partial charge in [-0.05, 0) is 37.6 Å². The molecule has 0 atom stereocenters. The molecule has 0 spiro atoms. The van der Waals surface area contributed by atoms with E-state index in [1.54, 1.807) is 17.4 Å². The van der Waals surface area contributed by atoms with Crippen molar-refractivity contribution in [2.45, 2.75) is 13.8 Å². The molecule has 1 saturated heterocycles. The highest BCUT2D eigenvalue weighted by molar-refractivity contribution is 7.16. The van der Waals surface area contributed by atoms with Gasteiger partial charge in [0.25, 0.3) is 0 Å². The van der Waals surface area contributed by atoms with Crippen molar-refractivity contribution in [3.8, 4) is 0 Å². The molecule has 1 aromatic heterocycles. The van der Waals surface area contributed by atoms with E-state index in [-0.39, 0.29) is 5.82 Å². The van der Waals surface area contributed by atoms with Crippen LogP contribution >= 0.6 is 11.3 Å². The smallest absolute Gasteiger partial charge is 0.139 e. The summed E-state index contributed by atoms with van der Waals surface area (Å²) in [4.78, 5) is 8.51. The molecule has 2 aromatic rings. The molecule has 6 heteroatoms. The molecule has 1 aromatic carbocycles. The number of anilines is 2. The molecular formula is C17H19FN4S. The Morgan fingerprint density at radius 1 is 1.22 bits per heavy atom. The fraction of sp³-hybridized carbons (Fsp3) is 0.353. The molecule has 2 aliphatic heterocycles. The van der Waals surface area contributed by atoms with Gasteiger partial charge in [0.1, 0.15) is 16.7 Å². The summed E-state index contributed by atoms with van der Waals surface area (Å²) < 4.78 is 13.6. The average molecular weight is 330 g/mol. The second kappa shape index (κ2) is 5.62. The Hall–Kier alpha value is -1.92. The number of piperazine rings is 1. The Morgan fingerprint density at radius 2 is 2.00 bits per heavy atom. The van der Waals surface area contributed by atoms with Crippen molar-refractivity contribution in [1.82, 2.24) is 10.2 Å². The molecule has 23 heavy (non-hydrogen) atoms. The molecule has 2 N–H and O–H groups in total. The highest BCUT2D eigenvalue weighted by Gasteiger charge is 2.26. The number of hydrogen-bond acceptors (Lipinski definition) is 5. The molecule has 120 valence electrons. The third kappa shape index (κ3) is 2.52. The van der Waals surface area contributed by atoms with Gasteiger partial charge in [-0.3, -0.25) is 0 Å². The summed E-state index contributed by atoms with van der Waals surface area (Å²) in [5.74, 6) is 0.754. The number of aliphatic imine (C=N–C) groups is 1. The minimum absolute atomic E-state index is 0.247. The Bertz CT molecular complexity index is 790. The van der Waals surface area contributed by atoms with Gasteiger partial charge in [-0.1, -0.05) is 0 Å². The number of halogens is 1. The predicted octanol–water partition coefficient (Wildman–Crippen LogP) is 3.54. The maximum Gasteiger partial charge on any atom is 0.139 e. The van der Waals surface area contributed by atoms with Crippen molar-refractivity contribution in [1.29, 1.82) is 0 Å². The van der Waals surface area contributed by atoms with Gasteiger partial charge in [0.2, 0.25) is 0 Å². The van der Waals surface area contributed by atoms with Crippen LogP contribution in [0.15, 0.2) is 23.2 Å². The first-order valence-corrected chi connectivity index (χ1v) is 8.66. The molecule has 4 rings (SSSR count). The van der Waals surface area contributed by atoms with Crippen LogP contribution in [0.3, 0.4) is 0 Å². The van der Waals surface area contributed by atoms with Crippen LogP contribution in [-0.4, -0.2) is 36.9 Å². The summed E-state index contributed by atoms with van der Waals surface area (Å²) in [6.45, 7) is 8.05. The summed E-state index contributed by atoms with van der Waals surface area (Å²) in [7, 11) is 0. The molecular weight excluding hydrogens is 311 g/mol. The molecule has 3 heterocycles. The number of hydrogen-bond donors (Lipinski definition) is 2. The number of thiophene rings is 1. The van der Waals surface area contributed by atoms with E-state index in [0.717, 1.165) is 54.0 Å². The summed E-state index contributed by atoms with van der Waals surface area (Å²) in [5.41, 5.74) is 3.94. The summed E-state index contributed by atoms with van der Waals surface area (Å²) >= 11 is 1.71. The van der Waals surface area contributed by atoms with Crippen LogP contribution in [-0.2, 0) is 0 Å². The van der Waals surface area contributed by atoms with Crippen LogP contribution in [0.4, 0.5) is 20.8 Å². The van der Waals surface area contributed by atoms with Crippen LogP contribution in [0.2, 0.25) is 0 Å². The molecule has 0 unspecified atom stereocenters. The van der Waals surface area contributed by atoms with E-state index in [1.165, 1.54) is 22.6 Å². The molecule has 1 fully saturated rings. The molecule has 0 amide bonds. The highest BCUT2D eigenvalue weighted by Crippen LogP contribution is 2.41.